The van der Waals surface area contributed by atoms with Gasteiger partial charge in [0, 0.05) is 4.47 Å². The van der Waals surface area contributed by atoms with Crippen LogP contribution in [-0.4, -0.2) is 34.3 Å². The Kier molecular flexibility index (Phi) is 8.07. The quantitative estimate of drug-likeness (QED) is 0.249. The number of methoxy groups -OCH3 is 1. The molecule has 0 heterocycles. The van der Waals surface area contributed by atoms with Crippen molar-refractivity contribution in [1.29, 1.82) is 0 Å². The summed E-state index contributed by atoms with van der Waals surface area (Å²) < 4.78 is 41.8. The predicted octanol–water partition coefficient (Wildman–Crippen LogP) is 4.39. The van der Waals surface area contributed by atoms with Crippen LogP contribution in [0.1, 0.15) is 22.8 Å². The smallest absolute Gasteiger partial charge is 0.339 e. The van der Waals surface area contributed by atoms with Gasteiger partial charge in [0.15, 0.2) is 11.5 Å². The van der Waals surface area contributed by atoms with Crippen LogP contribution in [0.4, 0.5) is 0 Å². The fourth-order valence-electron chi connectivity index (χ4n) is 2.78. The Morgan fingerprint density at radius 1 is 1.03 bits per heavy atom. The predicted molar refractivity (Wildman–Crippen MR) is 128 cm³/mol. The molecule has 0 atom stereocenters. The zero-order valence-electron chi connectivity index (χ0n) is 17.8. The largest absolute Gasteiger partial charge is 0.496 e. The summed E-state index contributed by atoms with van der Waals surface area (Å²) in [6.45, 7) is 2.06. The van der Waals surface area contributed by atoms with E-state index >= 15 is 0 Å². The van der Waals surface area contributed by atoms with Gasteiger partial charge in [-0.15, -0.1) is 0 Å². The van der Waals surface area contributed by atoms with Crippen molar-refractivity contribution in [3.05, 3.63) is 82.3 Å². The standard InChI is InChI=1S/C23H21BrN2O6S/c1-3-31-22-13-16(9-11-21(22)32-33(28,29)18-7-5-4-6-8-18)15-25-26-23(27)19-14-17(24)10-12-20(19)30-2/h4-15H,3H2,1-2H3,(H,26,27)/b25-15-. The summed E-state index contributed by atoms with van der Waals surface area (Å²) in [5, 5.41) is 3.97. The fourth-order valence-corrected chi connectivity index (χ4v) is 4.10. The minimum atomic E-state index is -4.02. The average Bonchev–Trinajstić information content (AvgIpc) is 2.81. The van der Waals surface area contributed by atoms with Crippen molar-refractivity contribution in [2.75, 3.05) is 13.7 Å². The molecule has 0 aliphatic carbocycles. The zero-order valence-corrected chi connectivity index (χ0v) is 20.2. The van der Waals surface area contributed by atoms with Gasteiger partial charge in [0.25, 0.3) is 5.91 Å². The Bertz CT molecular complexity index is 1260. The number of carbonyl (C=O) groups is 1. The van der Waals surface area contributed by atoms with E-state index in [1.54, 1.807) is 55.5 Å². The van der Waals surface area contributed by atoms with Gasteiger partial charge in [-0.2, -0.15) is 13.5 Å². The second kappa shape index (κ2) is 11.0. The third-order valence-corrected chi connectivity index (χ3v) is 6.03. The molecule has 0 bridgehead atoms. The van der Waals surface area contributed by atoms with Crippen molar-refractivity contribution in [3.8, 4) is 17.2 Å². The van der Waals surface area contributed by atoms with Gasteiger partial charge in [0.05, 0.1) is 25.5 Å². The number of halogens is 1. The van der Waals surface area contributed by atoms with Crippen LogP contribution in [-0.2, 0) is 10.1 Å². The van der Waals surface area contributed by atoms with Gasteiger partial charge in [0.1, 0.15) is 10.6 Å². The normalized spacial score (nSPS) is 11.2. The molecule has 8 nitrogen and oxygen atoms in total. The monoisotopic (exact) mass is 532 g/mol. The van der Waals surface area contributed by atoms with E-state index < -0.39 is 16.0 Å². The average molecular weight is 533 g/mol. The van der Waals surface area contributed by atoms with Crippen molar-refractivity contribution < 1.29 is 26.9 Å². The zero-order chi connectivity index (χ0) is 23.8. The molecule has 1 N–H and O–H groups in total. The number of benzene rings is 3. The van der Waals surface area contributed by atoms with Crippen LogP contribution >= 0.6 is 15.9 Å². The molecule has 33 heavy (non-hydrogen) atoms. The second-order valence-electron chi connectivity index (χ2n) is 6.53. The molecular weight excluding hydrogens is 512 g/mol. The Morgan fingerprint density at radius 2 is 1.76 bits per heavy atom. The number of hydrogen-bond acceptors (Lipinski definition) is 7. The first-order chi connectivity index (χ1) is 15.8. The SMILES string of the molecule is CCOc1cc(/C=N\NC(=O)c2cc(Br)ccc2OC)ccc1OS(=O)(=O)c1ccccc1. The molecule has 3 aromatic rings. The summed E-state index contributed by atoms with van der Waals surface area (Å²) in [6, 6.07) is 17.5. The summed E-state index contributed by atoms with van der Waals surface area (Å²) in [4.78, 5) is 12.5. The number of amides is 1. The van der Waals surface area contributed by atoms with Crippen LogP contribution in [0.5, 0.6) is 17.2 Å². The molecule has 0 aromatic heterocycles. The van der Waals surface area contributed by atoms with Crippen LogP contribution in [0.2, 0.25) is 0 Å². The third kappa shape index (κ3) is 6.33. The molecule has 0 radical (unpaired) electrons. The van der Waals surface area contributed by atoms with Gasteiger partial charge in [0.2, 0.25) is 0 Å². The number of hydrazone groups is 1. The molecule has 0 unspecified atom stereocenters. The van der Waals surface area contributed by atoms with Crippen LogP contribution in [0, 0.1) is 0 Å². The molecule has 3 aromatic carbocycles. The summed E-state index contributed by atoms with van der Waals surface area (Å²) >= 11 is 3.32. The summed E-state index contributed by atoms with van der Waals surface area (Å²) in [6.07, 6.45) is 1.40. The van der Waals surface area contributed by atoms with E-state index in [4.69, 9.17) is 13.7 Å². The molecule has 172 valence electrons. The third-order valence-electron chi connectivity index (χ3n) is 4.28. The lowest BCUT2D eigenvalue weighted by atomic mass is 10.2. The maximum Gasteiger partial charge on any atom is 0.339 e. The van der Waals surface area contributed by atoms with E-state index in [1.807, 2.05) is 0 Å². The molecule has 0 saturated heterocycles. The number of hydrogen-bond donors (Lipinski definition) is 1. The second-order valence-corrected chi connectivity index (χ2v) is 9.00. The number of rotatable bonds is 9. The Labute approximate surface area is 200 Å². The topological polar surface area (TPSA) is 103 Å². The minimum Gasteiger partial charge on any atom is -0.496 e. The lowest BCUT2D eigenvalue weighted by molar-refractivity contribution is 0.0952. The van der Waals surface area contributed by atoms with Crippen molar-refractivity contribution in [1.82, 2.24) is 5.43 Å². The van der Waals surface area contributed by atoms with Crippen LogP contribution < -0.4 is 19.1 Å². The molecule has 3 rings (SSSR count). The Morgan fingerprint density at radius 3 is 2.45 bits per heavy atom. The van der Waals surface area contributed by atoms with E-state index in [2.05, 4.69) is 26.5 Å². The number of carbonyl (C=O) groups excluding carboxylic acids is 1. The molecule has 0 fully saturated rings. The maximum atomic E-state index is 12.5. The molecule has 1 amide bonds. The minimum absolute atomic E-state index is 0.0313. The van der Waals surface area contributed by atoms with Gasteiger partial charge in [-0.05, 0) is 61.0 Å². The molecule has 0 spiro atoms. The van der Waals surface area contributed by atoms with E-state index in [-0.39, 0.29) is 16.4 Å². The lowest BCUT2D eigenvalue weighted by Crippen LogP contribution is -2.18. The highest BCUT2D eigenvalue weighted by Gasteiger charge is 2.19. The molecular formula is C23H21BrN2O6S. The summed E-state index contributed by atoms with van der Waals surface area (Å²) in [5.41, 5.74) is 3.31. The summed E-state index contributed by atoms with van der Waals surface area (Å²) in [5.74, 6) is 0.218. The fraction of sp³-hybridized carbons (Fsp3) is 0.130. The van der Waals surface area contributed by atoms with Crippen molar-refractivity contribution >= 4 is 38.2 Å². The van der Waals surface area contributed by atoms with Gasteiger partial charge in [-0.1, -0.05) is 34.1 Å². The molecule has 0 aliphatic heterocycles. The Balaban J connectivity index is 1.77. The first-order valence-corrected chi connectivity index (χ1v) is 12.0. The van der Waals surface area contributed by atoms with Crippen molar-refractivity contribution in [2.45, 2.75) is 11.8 Å². The van der Waals surface area contributed by atoms with Crippen molar-refractivity contribution in [2.24, 2.45) is 5.10 Å². The van der Waals surface area contributed by atoms with Crippen LogP contribution in [0.25, 0.3) is 0 Å². The maximum absolute atomic E-state index is 12.5. The van der Waals surface area contributed by atoms with Crippen molar-refractivity contribution in [3.63, 3.8) is 0 Å². The van der Waals surface area contributed by atoms with Gasteiger partial charge < -0.3 is 13.7 Å². The van der Waals surface area contributed by atoms with E-state index in [1.165, 1.54) is 31.5 Å². The van der Waals surface area contributed by atoms with Crippen LogP contribution in [0.15, 0.2) is 81.2 Å². The molecule has 10 heteroatoms. The first-order valence-electron chi connectivity index (χ1n) is 9.77. The highest BCUT2D eigenvalue weighted by atomic mass is 79.9. The number of ether oxygens (including phenoxy) is 2. The highest BCUT2D eigenvalue weighted by molar-refractivity contribution is 9.10. The highest BCUT2D eigenvalue weighted by Crippen LogP contribution is 2.31. The van der Waals surface area contributed by atoms with E-state index in [9.17, 15) is 13.2 Å². The first kappa shape index (κ1) is 24.3. The van der Waals surface area contributed by atoms with Crippen LogP contribution in [0.3, 0.4) is 0 Å². The Hall–Kier alpha value is -3.37. The molecule has 0 saturated carbocycles. The number of nitrogens with zero attached hydrogens (tertiary/aromatic N) is 1. The van der Waals surface area contributed by atoms with E-state index in [0.717, 1.165) is 4.47 Å². The number of nitrogens with one attached hydrogen (secondary N) is 1. The van der Waals surface area contributed by atoms with Gasteiger partial charge >= 0.3 is 10.1 Å². The van der Waals surface area contributed by atoms with Gasteiger partial charge in [-0.25, -0.2) is 5.43 Å². The van der Waals surface area contributed by atoms with Gasteiger partial charge in [-0.3, -0.25) is 4.79 Å². The summed E-state index contributed by atoms with van der Waals surface area (Å²) in [7, 11) is -2.55. The lowest BCUT2D eigenvalue weighted by Gasteiger charge is -2.12. The molecule has 0 aliphatic rings. The van der Waals surface area contributed by atoms with E-state index in [0.29, 0.717) is 23.5 Å².